The minimum absolute atomic E-state index is 0.318. The summed E-state index contributed by atoms with van der Waals surface area (Å²) in [5, 5.41) is 9.49. The van der Waals surface area contributed by atoms with Crippen molar-refractivity contribution in [2.45, 2.75) is 19.9 Å². The predicted molar refractivity (Wildman–Crippen MR) is 96.2 cm³/mol. The molecule has 3 rings (SSSR count). The Morgan fingerprint density at radius 2 is 2.04 bits per heavy atom. The Kier molecular flexibility index (Phi) is 4.79. The molecule has 0 aliphatic carbocycles. The summed E-state index contributed by atoms with van der Waals surface area (Å²) < 4.78 is 3.04. The molecule has 0 unspecified atom stereocenters. The lowest BCUT2D eigenvalue weighted by Gasteiger charge is -2.02. The van der Waals surface area contributed by atoms with Gasteiger partial charge in [-0.25, -0.2) is 0 Å². The third-order valence-electron chi connectivity index (χ3n) is 3.55. The van der Waals surface area contributed by atoms with E-state index in [-0.39, 0.29) is 5.91 Å². The number of halogens is 1. The Labute approximate surface area is 148 Å². The molecule has 1 heterocycles. The van der Waals surface area contributed by atoms with Gasteiger partial charge in [-0.3, -0.25) is 4.79 Å². The fraction of sp³-hybridized carbons (Fsp3) is 0.167. The van der Waals surface area contributed by atoms with Crippen molar-refractivity contribution < 1.29 is 4.79 Å². The molecular formula is C18H14ClN3OS. The SMILES string of the molecule is CCCn1c(=NC(=O)c2ccc(C#N)cc2)sc2cc(Cl)ccc21. The average molecular weight is 356 g/mol. The second-order valence-corrected chi connectivity index (χ2v) is 6.70. The van der Waals surface area contributed by atoms with Crippen molar-refractivity contribution in [3.63, 3.8) is 0 Å². The van der Waals surface area contributed by atoms with Gasteiger partial charge in [0.1, 0.15) is 0 Å². The van der Waals surface area contributed by atoms with Gasteiger partial charge in [-0.15, -0.1) is 0 Å². The van der Waals surface area contributed by atoms with Gasteiger partial charge in [-0.2, -0.15) is 10.3 Å². The van der Waals surface area contributed by atoms with E-state index >= 15 is 0 Å². The molecule has 4 nitrogen and oxygen atoms in total. The summed E-state index contributed by atoms with van der Waals surface area (Å²) in [5.74, 6) is -0.318. The summed E-state index contributed by atoms with van der Waals surface area (Å²) >= 11 is 7.51. The molecule has 6 heteroatoms. The van der Waals surface area contributed by atoms with E-state index in [4.69, 9.17) is 16.9 Å². The number of carbonyl (C=O) groups excluding carboxylic acids is 1. The lowest BCUT2D eigenvalue weighted by molar-refractivity contribution is 0.0998. The molecule has 0 bridgehead atoms. The zero-order valence-electron chi connectivity index (χ0n) is 13.0. The number of nitrogens with zero attached hydrogens (tertiary/aromatic N) is 3. The van der Waals surface area contributed by atoms with Gasteiger partial charge in [0.2, 0.25) is 0 Å². The first kappa shape index (κ1) is 16.4. The highest BCUT2D eigenvalue weighted by atomic mass is 35.5. The first-order valence-electron chi connectivity index (χ1n) is 7.50. The van der Waals surface area contributed by atoms with Gasteiger partial charge in [-0.05, 0) is 48.9 Å². The number of fused-ring (bicyclic) bond motifs is 1. The van der Waals surface area contributed by atoms with Crippen LogP contribution in [-0.4, -0.2) is 10.5 Å². The number of benzene rings is 2. The molecule has 24 heavy (non-hydrogen) atoms. The maximum Gasteiger partial charge on any atom is 0.279 e. The smallest absolute Gasteiger partial charge is 0.279 e. The van der Waals surface area contributed by atoms with Crippen LogP contribution in [-0.2, 0) is 6.54 Å². The second-order valence-electron chi connectivity index (χ2n) is 5.25. The number of rotatable bonds is 3. The molecule has 0 saturated heterocycles. The van der Waals surface area contributed by atoms with E-state index in [0.717, 1.165) is 23.2 Å². The third-order valence-corrected chi connectivity index (χ3v) is 4.83. The zero-order valence-corrected chi connectivity index (χ0v) is 14.6. The molecule has 0 N–H and O–H groups in total. The number of hydrogen-bond donors (Lipinski definition) is 0. The molecule has 0 spiro atoms. The largest absolute Gasteiger partial charge is 0.316 e. The minimum Gasteiger partial charge on any atom is -0.316 e. The molecule has 120 valence electrons. The molecule has 0 radical (unpaired) electrons. The van der Waals surface area contributed by atoms with E-state index in [1.165, 1.54) is 11.3 Å². The standard InChI is InChI=1S/C18H14ClN3OS/c1-2-9-22-15-8-7-14(19)10-16(15)24-18(22)21-17(23)13-5-3-12(11-20)4-6-13/h3-8,10H,2,9H2,1H3. The van der Waals surface area contributed by atoms with Crippen molar-refractivity contribution in [2.24, 2.45) is 4.99 Å². The van der Waals surface area contributed by atoms with E-state index in [9.17, 15) is 4.79 Å². The minimum atomic E-state index is -0.318. The van der Waals surface area contributed by atoms with Gasteiger partial charge in [-0.1, -0.05) is 29.9 Å². The highest BCUT2D eigenvalue weighted by Crippen LogP contribution is 2.22. The Balaban J connectivity index is 2.09. The first-order chi connectivity index (χ1) is 11.6. The Hall–Kier alpha value is -2.42. The molecule has 0 atom stereocenters. The van der Waals surface area contributed by atoms with Crippen molar-refractivity contribution in [3.8, 4) is 6.07 Å². The van der Waals surface area contributed by atoms with Crippen molar-refractivity contribution in [1.29, 1.82) is 5.26 Å². The lowest BCUT2D eigenvalue weighted by atomic mass is 10.1. The summed E-state index contributed by atoms with van der Waals surface area (Å²) in [6, 6.07) is 14.2. The van der Waals surface area contributed by atoms with E-state index in [0.29, 0.717) is 21.0 Å². The molecule has 0 saturated carbocycles. The Morgan fingerprint density at radius 1 is 1.29 bits per heavy atom. The van der Waals surface area contributed by atoms with Gasteiger partial charge < -0.3 is 4.57 Å². The van der Waals surface area contributed by atoms with Crippen molar-refractivity contribution in [3.05, 3.63) is 63.4 Å². The number of thiazole rings is 1. The monoisotopic (exact) mass is 355 g/mol. The third kappa shape index (κ3) is 3.25. The fourth-order valence-electron chi connectivity index (χ4n) is 2.41. The molecule has 1 aromatic heterocycles. The van der Waals surface area contributed by atoms with Crippen LogP contribution >= 0.6 is 22.9 Å². The van der Waals surface area contributed by atoms with Crippen molar-refractivity contribution >= 4 is 39.1 Å². The molecular weight excluding hydrogens is 342 g/mol. The molecule has 1 amide bonds. The molecule has 3 aromatic rings. The maximum atomic E-state index is 12.4. The summed E-state index contributed by atoms with van der Waals surface area (Å²) in [4.78, 5) is 17.4. The van der Waals surface area contributed by atoms with Crippen LogP contribution in [0.5, 0.6) is 0 Å². The first-order valence-corrected chi connectivity index (χ1v) is 8.70. The van der Waals surface area contributed by atoms with Crippen LogP contribution in [0, 0.1) is 11.3 Å². The van der Waals surface area contributed by atoms with Gasteiger partial charge in [0.15, 0.2) is 4.80 Å². The van der Waals surface area contributed by atoms with E-state index in [1.54, 1.807) is 24.3 Å². The highest BCUT2D eigenvalue weighted by Gasteiger charge is 2.09. The normalized spacial score (nSPS) is 11.6. The van der Waals surface area contributed by atoms with Crippen molar-refractivity contribution in [1.82, 2.24) is 4.57 Å². The quantitative estimate of drug-likeness (QED) is 0.700. The van der Waals surface area contributed by atoms with E-state index in [1.807, 2.05) is 28.8 Å². The Bertz CT molecular complexity index is 1010. The van der Waals surface area contributed by atoms with E-state index < -0.39 is 0 Å². The summed E-state index contributed by atoms with van der Waals surface area (Å²) in [5.41, 5.74) is 2.01. The lowest BCUT2D eigenvalue weighted by Crippen LogP contribution is -2.16. The topological polar surface area (TPSA) is 58.1 Å². The molecule has 2 aromatic carbocycles. The molecule has 0 aliphatic rings. The summed E-state index contributed by atoms with van der Waals surface area (Å²) in [6.45, 7) is 2.86. The summed E-state index contributed by atoms with van der Waals surface area (Å²) in [6.07, 6.45) is 0.937. The second kappa shape index (κ2) is 7.00. The molecule has 0 aliphatic heterocycles. The van der Waals surface area contributed by atoms with Gasteiger partial charge in [0.05, 0.1) is 21.8 Å². The van der Waals surface area contributed by atoms with Crippen LogP contribution in [0.15, 0.2) is 47.5 Å². The maximum absolute atomic E-state index is 12.4. The van der Waals surface area contributed by atoms with Crippen LogP contribution in [0.4, 0.5) is 0 Å². The number of aromatic nitrogens is 1. The van der Waals surface area contributed by atoms with Crippen LogP contribution in [0.1, 0.15) is 29.3 Å². The van der Waals surface area contributed by atoms with Crippen LogP contribution in [0.3, 0.4) is 0 Å². The highest BCUT2D eigenvalue weighted by molar-refractivity contribution is 7.16. The average Bonchev–Trinajstić information content (AvgIpc) is 2.91. The number of nitriles is 1. The number of hydrogen-bond acceptors (Lipinski definition) is 3. The summed E-state index contributed by atoms with van der Waals surface area (Å²) in [7, 11) is 0. The number of amides is 1. The molecule has 0 fully saturated rings. The van der Waals surface area contributed by atoms with E-state index in [2.05, 4.69) is 11.9 Å². The predicted octanol–water partition coefficient (Wildman–Crippen LogP) is 4.38. The zero-order chi connectivity index (χ0) is 17.1. The number of carbonyl (C=O) groups is 1. The Morgan fingerprint density at radius 3 is 2.71 bits per heavy atom. The van der Waals surface area contributed by atoms with Gasteiger partial charge in [0.25, 0.3) is 5.91 Å². The fourth-order valence-corrected chi connectivity index (χ4v) is 3.74. The van der Waals surface area contributed by atoms with Crippen LogP contribution in [0.25, 0.3) is 10.2 Å². The number of aryl methyl sites for hydroxylation is 1. The van der Waals surface area contributed by atoms with Gasteiger partial charge in [0, 0.05) is 17.1 Å². The van der Waals surface area contributed by atoms with Crippen LogP contribution < -0.4 is 4.80 Å². The van der Waals surface area contributed by atoms with Crippen LogP contribution in [0.2, 0.25) is 5.02 Å². The van der Waals surface area contributed by atoms with Gasteiger partial charge >= 0.3 is 0 Å². The van der Waals surface area contributed by atoms with Crippen molar-refractivity contribution in [2.75, 3.05) is 0 Å².